The number of likely N-dealkylation sites (tertiary alicyclic amines) is 1. The Balaban J connectivity index is 1.83. The van der Waals surface area contributed by atoms with Crippen molar-refractivity contribution >= 4 is 12.0 Å². The van der Waals surface area contributed by atoms with Crippen LogP contribution in [0.3, 0.4) is 0 Å². The maximum atomic E-state index is 12.2. The fourth-order valence-electron chi connectivity index (χ4n) is 2.50. The van der Waals surface area contributed by atoms with E-state index in [9.17, 15) is 9.59 Å². The van der Waals surface area contributed by atoms with Crippen LogP contribution in [0.15, 0.2) is 30.3 Å². The number of ether oxygens (including phenoxy) is 1. The third-order valence-electron chi connectivity index (χ3n) is 3.62. The van der Waals surface area contributed by atoms with Gasteiger partial charge in [-0.1, -0.05) is 30.3 Å². The van der Waals surface area contributed by atoms with Crippen molar-refractivity contribution in [2.24, 2.45) is 5.92 Å². The SMILES string of the molecule is CCOC(=O)[C@H]1CCCN(C(=O)NCc2ccccc2)C1. The van der Waals surface area contributed by atoms with Crippen LogP contribution in [0.5, 0.6) is 0 Å². The summed E-state index contributed by atoms with van der Waals surface area (Å²) in [4.78, 5) is 25.6. The molecule has 1 aliphatic heterocycles. The van der Waals surface area contributed by atoms with Gasteiger partial charge >= 0.3 is 12.0 Å². The molecule has 0 aromatic heterocycles. The number of nitrogens with zero attached hydrogens (tertiary/aromatic N) is 1. The van der Waals surface area contributed by atoms with E-state index in [0.717, 1.165) is 18.4 Å². The van der Waals surface area contributed by atoms with Crippen molar-refractivity contribution in [3.63, 3.8) is 0 Å². The summed E-state index contributed by atoms with van der Waals surface area (Å²) < 4.78 is 5.04. The predicted octanol–water partition coefficient (Wildman–Crippen LogP) is 2.17. The lowest BCUT2D eigenvalue weighted by Crippen LogP contribution is -2.47. The monoisotopic (exact) mass is 290 g/mol. The summed E-state index contributed by atoms with van der Waals surface area (Å²) in [5.41, 5.74) is 1.06. The molecular weight excluding hydrogens is 268 g/mol. The molecule has 1 heterocycles. The molecule has 2 amide bonds. The van der Waals surface area contributed by atoms with Crippen molar-refractivity contribution in [2.75, 3.05) is 19.7 Å². The van der Waals surface area contributed by atoms with Crippen molar-refractivity contribution in [1.82, 2.24) is 10.2 Å². The van der Waals surface area contributed by atoms with Gasteiger partial charge in [-0.05, 0) is 25.3 Å². The Kier molecular flexibility index (Phi) is 5.60. The summed E-state index contributed by atoms with van der Waals surface area (Å²) >= 11 is 0. The number of nitrogens with one attached hydrogen (secondary N) is 1. The zero-order chi connectivity index (χ0) is 15.1. The maximum Gasteiger partial charge on any atom is 0.317 e. The number of hydrogen-bond acceptors (Lipinski definition) is 3. The number of urea groups is 1. The molecule has 1 fully saturated rings. The number of esters is 1. The fourth-order valence-corrected chi connectivity index (χ4v) is 2.50. The lowest BCUT2D eigenvalue weighted by Gasteiger charge is -2.31. The predicted molar refractivity (Wildman–Crippen MR) is 79.6 cm³/mol. The summed E-state index contributed by atoms with van der Waals surface area (Å²) in [5, 5.41) is 2.90. The topological polar surface area (TPSA) is 58.6 Å². The minimum Gasteiger partial charge on any atom is -0.466 e. The average molecular weight is 290 g/mol. The van der Waals surface area contributed by atoms with Gasteiger partial charge in [0.25, 0.3) is 0 Å². The molecule has 1 aromatic carbocycles. The van der Waals surface area contributed by atoms with Gasteiger partial charge in [0.2, 0.25) is 0 Å². The Hall–Kier alpha value is -2.04. The van der Waals surface area contributed by atoms with Crippen molar-refractivity contribution in [3.05, 3.63) is 35.9 Å². The molecule has 1 aliphatic rings. The highest BCUT2D eigenvalue weighted by molar-refractivity contribution is 5.77. The quantitative estimate of drug-likeness (QED) is 0.865. The van der Waals surface area contributed by atoms with Gasteiger partial charge in [0.1, 0.15) is 0 Å². The van der Waals surface area contributed by atoms with Crippen LogP contribution < -0.4 is 5.32 Å². The zero-order valence-electron chi connectivity index (χ0n) is 12.4. The first-order valence-electron chi connectivity index (χ1n) is 7.44. The van der Waals surface area contributed by atoms with Gasteiger partial charge in [0, 0.05) is 19.6 Å². The molecule has 21 heavy (non-hydrogen) atoms. The standard InChI is InChI=1S/C16H22N2O3/c1-2-21-15(19)14-9-6-10-18(12-14)16(20)17-11-13-7-4-3-5-8-13/h3-5,7-8,14H,2,6,9-12H2,1H3,(H,17,20)/t14-/m0/s1. The second-order valence-electron chi connectivity index (χ2n) is 5.18. The van der Waals surface area contributed by atoms with Crippen molar-refractivity contribution in [1.29, 1.82) is 0 Å². The molecule has 0 unspecified atom stereocenters. The smallest absolute Gasteiger partial charge is 0.317 e. The van der Waals surface area contributed by atoms with E-state index < -0.39 is 0 Å². The molecule has 114 valence electrons. The number of amides is 2. The molecule has 1 N–H and O–H groups in total. The Bertz CT molecular complexity index is 476. The number of rotatable bonds is 4. The summed E-state index contributed by atoms with van der Waals surface area (Å²) in [7, 11) is 0. The zero-order valence-corrected chi connectivity index (χ0v) is 12.4. The van der Waals surface area contributed by atoms with Crippen LogP contribution in [0.2, 0.25) is 0 Å². The van der Waals surface area contributed by atoms with E-state index in [-0.39, 0.29) is 17.9 Å². The number of benzene rings is 1. The first-order valence-corrected chi connectivity index (χ1v) is 7.44. The first-order chi connectivity index (χ1) is 10.2. The Labute approximate surface area is 125 Å². The van der Waals surface area contributed by atoms with E-state index in [1.54, 1.807) is 11.8 Å². The van der Waals surface area contributed by atoms with Gasteiger partial charge in [-0.3, -0.25) is 4.79 Å². The highest BCUT2D eigenvalue weighted by Gasteiger charge is 2.29. The van der Waals surface area contributed by atoms with Crippen molar-refractivity contribution in [3.8, 4) is 0 Å². The minimum atomic E-state index is -0.196. The maximum absolute atomic E-state index is 12.2. The number of piperidine rings is 1. The van der Waals surface area contributed by atoms with E-state index in [1.807, 2.05) is 30.3 Å². The molecule has 5 nitrogen and oxygen atoms in total. The minimum absolute atomic E-state index is 0.118. The molecule has 5 heteroatoms. The third kappa shape index (κ3) is 4.48. The van der Waals surface area contributed by atoms with E-state index in [1.165, 1.54) is 0 Å². The first kappa shape index (κ1) is 15.4. The Morgan fingerprint density at radius 1 is 1.33 bits per heavy atom. The second-order valence-corrected chi connectivity index (χ2v) is 5.18. The molecule has 1 aromatic rings. The van der Waals surface area contributed by atoms with Crippen LogP contribution in [0, 0.1) is 5.92 Å². The van der Waals surface area contributed by atoms with Crippen LogP contribution in [0.4, 0.5) is 4.79 Å². The van der Waals surface area contributed by atoms with E-state index in [2.05, 4.69) is 5.32 Å². The summed E-state index contributed by atoms with van der Waals surface area (Å²) in [5.74, 6) is -0.390. The van der Waals surface area contributed by atoms with Gasteiger partial charge in [-0.15, -0.1) is 0 Å². The van der Waals surface area contributed by atoms with E-state index >= 15 is 0 Å². The molecule has 0 saturated carbocycles. The molecule has 0 radical (unpaired) electrons. The average Bonchev–Trinajstić information content (AvgIpc) is 2.54. The Morgan fingerprint density at radius 3 is 2.81 bits per heavy atom. The van der Waals surface area contributed by atoms with Gasteiger partial charge in [-0.2, -0.15) is 0 Å². The molecule has 1 saturated heterocycles. The second kappa shape index (κ2) is 7.67. The lowest BCUT2D eigenvalue weighted by atomic mass is 9.98. The van der Waals surface area contributed by atoms with Gasteiger partial charge < -0.3 is 15.0 Å². The van der Waals surface area contributed by atoms with E-state index in [4.69, 9.17) is 4.74 Å². The van der Waals surface area contributed by atoms with Gasteiger partial charge in [-0.25, -0.2) is 4.79 Å². The van der Waals surface area contributed by atoms with Crippen molar-refractivity contribution < 1.29 is 14.3 Å². The number of carbonyl (C=O) groups is 2. The largest absolute Gasteiger partial charge is 0.466 e. The lowest BCUT2D eigenvalue weighted by molar-refractivity contribution is -0.149. The molecule has 0 bridgehead atoms. The van der Waals surface area contributed by atoms with Gasteiger partial charge in [0.05, 0.1) is 12.5 Å². The molecule has 1 atom stereocenters. The van der Waals surface area contributed by atoms with Crippen molar-refractivity contribution in [2.45, 2.75) is 26.3 Å². The van der Waals surface area contributed by atoms with Crippen LogP contribution in [-0.2, 0) is 16.1 Å². The normalized spacial score (nSPS) is 18.1. The third-order valence-corrected chi connectivity index (χ3v) is 3.62. The summed E-state index contributed by atoms with van der Waals surface area (Å²) in [6.07, 6.45) is 1.63. The summed E-state index contributed by atoms with van der Waals surface area (Å²) in [6, 6.07) is 9.65. The Morgan fingerprint density at radius 2 is 2.10 bits per heavy atom. The van der Waals surface area contributed by atoms with E-state index in [0.29, 0.717) is 26.2 Å². The van der Waals surface area contributed by atoms with Crippen LogP contribution >= 0.6 is 0 Å². The fraction of sp³-hybridized carbons (Fsp3) is 0.500. The molecule has 0 spiro atoms. The molecule has 2 rings (SSSR count). The highest BCUT2D eigenvalue weighted by Crippen LogP contribution is 2.18. The summed E-state index contributed by atoms with van der Waals surface area (Å²) in [6.45, 7) is 3.82. The molecular formula is C16H22N2O3. The van der Waals surface area contributed by atoms with Gasteiger partial charge in [0.15, 0.2) is 0 Å². The van der Waals surface area contributed by atoms with Crippen LogP contribution in [-0.4, -0.2) is 36.6 Å². The molecule has 0 aliphatic carbocycles. The van der Waals surface area contributed by atoms with Crippen LogP contribution in [0.1, 0.15) is 25.3 Å². The van der Waals surface area contributed by atoms with Crippen LogP contribution in [0.25, 0.3) is 0 Å². The highest BCUT2D eigenvalue weighted by atomic mass is 16.5. The number of carbonyl (C=O) groups excluding carboxylic acids is 2. The number of hydrogen-bond donors (Lipinski definition) is 1.